The number of aromatic carboxylic acids is 1. The highest BCUT2D eigenvalue weighted by atomic mass is 16.5. The molecule has 32 heavy (non-hydrogen) atoms. The summed E-state index contributed by atoms with van der Waals surface area (Å²) in [5, 5.41) is 19.4. The lowest BCUT2D eigenvalue weighted by atomic mass is 9.92. The third-order valence-electron chi connectivity index (χ3n) is 5.55. The van der Waals surface area contributed by atoms with Gasteiger partial charge in [0.1, 0.15) is 6.07 Å². The van der Waals surface area contributed by atoms with Crippen LogP contribution in [0.1, 0.15) is 34.1 Å². The quantitative estimate of drug-likeness (QED) is 0.627. The number of carbonyl (C=O) groups is 1. The lowest BCUT2D eigenvalue weighted by Gasteiger charge is -2.30. The molecule has 0 atom stereocenters. The first-order valence-corrected chi connectivity index (χ1v) is 10.3. The van der Waals surface area contributed by atoms with Crippen molar-refractivity contribution >= 4 is 28.5 Å². The number of rotatable bonds is 6. The Kier molecular flexibility index (Phi) is 6.06. The maximum atomic E-state index is 12.2. The standard InChI is InChI=1S/C25H23N3O4/c1-3-28-14-17(12-16-8-9-21(32-11-10-26)22(13-16)31-2)24-19(15-28)23(25(29)30)18-6-4-5-7-20(18)27-24/h4-9,12-13H,3,11,14-15H2,1-2H3,(H,29,30)/b17-12+. The van der Waals surface area contributed by atoms with Gasteiger partial charge < -0.3 is 14.6 Å². The van der Waals surface area contributed by atoms with Crippen LogP contribution in [0.4, 0.5) is 0 Å². The second-order valence-corrected chi connectivity index (χ2v) is 7.47. The fourth-order valence-electron chi connectivity index (χ4n) is 4.05. The third-order valence-corrected chi connectivity index (χ3v) is 5.55. The van der Waals surface area contributed by atoms with Gasteiger partial charge in [0.15, 0.2) is 18.1 Å². The van der Waals surface area contributed by atoms with Crippen LogP contribution in [-0.2, 0) is 6.54 Å². The summed E-state index contributed by atoms with van der Waals surface area (Å²) in [5.74, 6) is 0.0706. The number of benzene rings is 2. The van der Waals surface area contributed by atoms with Gasteiger partial charge in [-0.2, -0.15) is 5.26 Å². The zero-order valence-corrected chi connectivity index (χ0v) is 18.0. The van der Waals surface area contributed by atoms with Crippen molar-refractivity contribution in [3.8, 4) is 17.6 Å². The lowest BCUT2D eigenvalue weighted by Crippen LogP contribution is -2.31. The summed E-state index contributed by atoms with van der Waals surface area (Å²) in [4.78, 5) is 19.3. The van der Waals surface area contributed by atoms with Gasteiger partial charge in [-0.25, -0.2) is 9.78 Å². The number of ether oxygens (including phenoxy) is 2. The van der Waals surface area contributed by atoms with Gasteiger partial charge in [0, 0.05) is 24.0 Å². The number of hydrogen-bond acceptors (Lipinski definition) is 6. The molecule has 0 amide bonds. The molecule has 162 valence electrons. The number of likely N-dealkylation sites (N-methyl/N-ethyl adjacent to an activating group) is 1. The maximum absolute atomic E-state index is 12.2. The molecule has 1 N–H and O–H groups in total. The molecule has 0 saturated carbocycles. The topological polar surface area (TPSA) is 95.7 Å². The number of pyridine rings is 1. The Morgan fingerprint density at radius 1 is 1.25 bits per heavy atom. The van der Waals surface area contributed by atoms with Gasteiger partial charge in [-0.05, 0) is 42.0 Å². The molecule has 0 radical (unpaired) electrons. The van der Waals surface area contributed by atoms with E-state index in [1.807, 2.05) is 48.5 Å². The third kappa shape index (κ3) is 4.01. The first kappa shape index (κ1) is 21.3. The van der Waals surface area contributed by atoms with Crippen LogP contribution in [0.2, 0.25) is 0 Å². The number of fused-ring (bicyclic) bond motifs is 2. The monoisotopic (exact) mass is 429 g/mol. The Balaban J connectivity index is 1.87. The first-order valence-electron chi connectivity index (χ1n) is 10.3. The Labute approximate surface area is 186 Å². The van der Waals surface area contributed by atoms with E-state index in [1.165, 1.54) is 0 Å². The molecule has 4 rings (SSSR count). The van der Waals surface area contributed by atoms with Gasteiger partial charge in [-0.3, -0.25) is 4.90 Å². The minimum atomic E-state index is -0.946. The van der Waals surface area contributed by atoms with Crippen LogP contribution in [0.5, 0.6) is 11.5 Å². The van der Waals surface area contributed by atoms with Crippen LogP contribution in [0.15, 0.2) is 42.5 Å². The fraction of sp³-hybridized carbons (Fsp3) is 0.240. The Hall–Kier alpha value is -3.89. The van der Waals surface area contributed by atoms with Crippen LogP contribution in [0, 0.1) is 11.3 Å². The first-order chi connectivity index (χ1) is 15.5. The van der Waals surface area contributed by atoms with E-state index in [9.17, 15) is 9.90 Å². The number of nitriles is 1. The number of methoxy groups -OCH3 is 1. The average Bonchev–Trinajstić information content (AvgIpc) is 2.81. The van der Waals surface area contributed by atoms with Crippen molar-refractivity contribution in [2.24, 2.45) is 0 Å². The van der Waals surface area contributed by atoms with Crippen LogP contribution < -0.4 is 9.47 Å². The molecule has 1 aromatic heterocycles. The van der Waals surface area contributed by atoms with Crippen molar-refractivity contribution in [3.63, 3.8) is 0 Å². The number of aromatic nitrogens is 1. The van der Waals surface area contributed by atoms with E-state index >= 15 is 0 Å². The molecule has 2 aromatic carbocycles. The summed E-state index contributed by atoms with van der Waals surface area (Å²) >= 11 is 0. The predicted molar refractivity (Wildman–Crippen MR) is 122 cm³/mol. The van der Waals surface area contributed by atoms with Gasteiger partial charge in [0.05, 0.1) is 23.9 Å². The number of nitrogens with zero attached hydrogens (tertiary/aromatic N) is 3. The predicted octanol–water partition coefficient (Wildman–Crippen LogP) is 4.22. The lowest BCUT2D eigenvalue weighted by molar-refractivity contribution is 0.0696. The SMILES string of the molecule is CCN1C/C(=C\c2ccc(OCC#N)c(OC)c2)c2nc3ccccc3c(C(=O)O)c2C1. The highest BCUT2D eigenvalue weighted by molar-refractivity contribution is 6.06. The molecule has 0 fully saturated rings. The molecule has 0 unspecified atom stereocenters. The zero-order chi connectivity index (χ0) is 22.7. The van der Waals surface area contributed by atoms with E-state index in [4.69, 9.17) is 19.7 Å². The molecule has 1 aliphatic rings. The molecule has 3 aromatic rings. The van der Waals surface area contributed by atoms with E-state index < -0.39 is 5.97 Å². The summed E-state index contributed by atoms with van der Waals surface area (Å²) in [6.45, 7) is 3.97. The number of carboxylic acids is 1. The minimum Gasteiger partial charge on any atom is -0.493 e. The van der Waals surface area contributed by atoms with Gasteiger partial charge in [0.25, 0.3) is 0 Å². The smallest absolute Gasteiger partial charge is 0.336 e. The minimum absolute atomic E-state index is 0.0649. The van der Waals surface area contributed by atoms with Crippen LogP contribution in [0.25, 0.3) is 22.6 Å². The van der Waals surface area contributed by atoms with Crippen molar-refractivity contribution in [3.05, 3.63) is 64.8 Å². The van der Waals surface area contributed by atoms with Crippen molar-refractivity contribution in [2.45, 2.75) is 13.5 Å². The fourth-order valence-corrected chi connectivity index (χ4v) is 4.05. The Bertz CT molecular complexity index is 1260. The van der Waals surface area contributed by atoms with Gasteiger partial charge >= 0.3 is 5.97 Å². The molecule has 0 aliphatic carbocycles. The number of hydrogen-bond donors (Lipinski definition) is 1. The number of carboxylic acid groups (broad SMARTS) is 1. The Morgan fingerprint density at radius 2 is 2.06 bits per heavy atom. The molecule has 0 spiro atoms. The summed E-state index contributed by atoms with van der Waals surface area (Å²) in [7, 11) is 1.55. The van der Waals surface area contributed by atoms with Crippen molar-refractivity contribution in [1.29, 1.82) is 5.26 Å². The van der Waals surface area contributed by atoms with E-state index in [1.54, 1.807) is 13.2 Å². The summed E-state index contributed by atoms with van der Waals surface area (Å²) in [6, 6.07) is 14.8. The van der Waals surface area contributed by atoms with Crippen molar-refractivity contribution in [2.75, 3.05) is 26.8 Å². The summed E-state index contributed by atoms with van der Waals surface area (Å²) in [6.07, 6.45) is 2.00. The number of para-hydroxylation sites is 1. The van der Waals surface area contributed by atoms with Crippen molar-refractivity contribution < 1.29 is 19.4 Å². The van der Waals surface area contributed by atoms with Gasteiger partial charge in [0.2, 0.25) is 0 Å². The van der Waals surface area contributed by atoms with Crippen LogP contribution in [0.3, 0.4) is 0 Å². The summed E-state index contributed by atoms with van der Waals surface area (Å²) in [5.41, 5.74) is 4.24. The molecular formula is C25H23N3O4. The van der Waals surface area contributed by atoms with Crippen LogP contribution >= 0.6 is 0 Å². The van der Waals surface area contributed by atoms with Gasteiger partial charge in [-0.15, -0.1) is 0 Å². The van der Waals surface area contributed by atoms with Gasteiger partial charge in [-0.1, -0.05) is 31.2 Å². The second-order valence-electron chi connectivity index (χ2n) is 7.47. The maximum Gasteiger partial charge on any atom is 0.336 e. The molecule has 0 bridgehead atoms. The molecular weight excluding hydrogens is 406 g/mol. The molecule has 2 heterocycles. The molecule has 0 saturated heterocycles. The molecule has 1 aliphatic heterocycles. The molecule has 7 nitrogen and oxygen atoms in total. The van der Waals surface area contributed by atoms with E-state index in [0.717, 1.165) is 28.9 Å². The van der Waals surface area contributed by atoms with E-state index in [0.29, 0.717) is 41.1 Å². The largest absolute Gasteiger partial charge is 0.493 e. The molecule has 7 heteroatoms. The summed E-state index contributed by atoms with van der Waals surface area (Å²) < 4.78 is 10.8. The highest BCUT2D eigenvalue weighted by Gasteiger charge is 2.28. The van der Waals surface area contributed by atoms with Crippen molar-refractivity contribution in [1.82, 2.24) is 9.88 Å². The zero-order valence-electron chi connectivity index (χ0n) is 18.0. The van der Waals surface area contributed by atoms with Crippen LogP contribution in [-0.4, -0.2) is 47.8 Å². The average molecular weight is 429 g/mol. The highest BCUT2D eigenvalue weighted by Crippen LogP contribution is 2.35. The Morgan fingerprint density at radius 3 is 2.78 bits per heavy atom. The van der Waals surface area contributed by atoms with E-state index in [-0.39, 0.29) is 6.61 Å². The normalized spacial score (nSPS) is 14.7. The van der Waals surface area contributed by atoms with E-state index in [2.05, 4.69) is 11.8 Å². The second kappa shape index (κ2) is 9.08.